The molecule has 2 heterocycles. The molecule has 6 heteroatoms. The van der Waals surface area contributed by atoms with Gasteiger partial charge in [0.1, 0.15) is 0 Å². The number of H-pyrrole nitrogens is 1. The number of fused-ring (bicyclic) bond motifs is 1. The third kappa shape index (κ3) is 3.25. The van der Waals surface area contributed by atoms with Gasteiger partial charge in [-0.3, -0.25) is 9.78 Å². The molecule has 140 valence electrons. The van der Waals surface area contributed by atoms with E-state index in [1.165, 1.54) is 0 Å². The lowest BCUT2D eigenvalue weighted by atomic mass is 9.70. The van der Waals surface area contributed by atoms with Crippen LogP contribution in [0, 0.1) is 17.6 Å². The van der Waals surface area contributed by atoms with Crippen LogP contribution in [0.5, 0.6) is 0 Å². The molecule has 1 unspecified atom stereocenters. The number of aromatic amines is 1. The van der Waals surface area contributed by atoms with Crippen molar-refractivity contribution in [2.45, 2.75) is 38.0 Å². The quantitative estimate of drug-likeness (QED) is 0.585. The molecule has 0 radical (unpaired) electrons. The summed E-state index contributed by atoms with van der Waals surface area (Å²) >= 11 is 6.16. The van der Waals surface area contributed by atoms with E-state index in [9.17, 15) is 13.6 Å². The van der Waals surface area contributed by atoms with E-state index < -0.39 is 11.6 Å². The third-order valence-electron chi connectivity index (χ3n) is 5.63. The zero-order chi connectivity index (χ0) is 19.1. The fourth-order valence-electron chi connectivity index (χ4n) is 4.23. The molecular formula is C21H19ClF2N2O. The van der Waals surface area contributed by atoms with Gasteiger partial charge in [0.2, 0.25) is 0 Å². The van der Waals surface area contributed by atoms with Crippen molar-refractivity contribution < 1.29 is 8.78 Å². The van der Waals surface area contributed by atoms with Gasteiger partial charge >= 0.3 is 0 Å². The van der Waals surface area contributed by atoms with Crippen molar-refractivity contribution in [3.63, 3.8) is 0 Å². The molecule has 4 rings (SSSR count). The number of pyridine rings is 2. The van der Waals surface area contributed by atoms with Crippen molar-refractivity contribution in [2.75, 3.05) is 0 Å². The Kier molecular flexibility index (Phi) is 4.72. The van der Waals surface area contributed by atoms with E-state index in [0.717, 1.165) is 36.5 Å². The zero-order valence-electron chi connectivity index (χ0n) is 14.8. The number of hydrogen-bond donors (Lipinski definition) is 1. The maximum absolute atomic E-state index is 14.1. The molecule has 1 aliphatic rings. The van der Waals surface area contributed by atoms with Gasteiger partial charge in [-0.05, 0) is 42.4 Å². The van der Waals surface area contributed by atoms with E-state index in [2.05, 4.69) is 16.9 Å². The molecule has 0 aliphatic heterocycles. The standard InChI is InChI=1S/C21H19ClF2N2O/c1-11-2-3-12(14(8-11)13-4-5-16(23)21(24)20(13)22)18-9-19(27)15-10-25-7-6-17(15)26-18/h4-7,9-12,14H,2-3,8H2,1H3,(H,26,27)/t11-,12?,14-/m1/s1. The molecule has 1 fully saturated rings. The van der Waals surface area contributed by atoms with Crippen LogP contribution in [0.15, 0.2) is 41.5 Å². The van der Waals surface area contributed by atoms with Crippen LogP contribution in [0.25, 0.3) is 10.9 Å². The normalized spacial score (nSPS) is 22.9. The Morgan fingerprint density at radius 3 is 2.81 bits per heavy atom. The van der Waals surface area contributed by atoms with Gasteiger partial charge in [0.25, 0.3) is 0 Å². The summed E-state index contributed by atoms with van der Waals surface area (Å²) in [6.07, 6.45) is 5.82. The average Bonchev–Trinajstić information content (AvgIpc) is 2.66. The van der Waals surface area contributed by atoms with E-state index in [0.29, 0.717) is 16.9 Å². The van der Waals surface area contributed by atoms with Gasteiger partial charge in [-0.1, -0.05) is 31.0 Å². The molecule has 1 N–H and O–H groups in total. The highest BCUT2D eigenvalue weighted by Crippen LogP contribution is 2.47. The predicted octanol–water partition coefficient (Wildman–Crippen LogP) is 5.54. The summed E-state index contributed by atoms with van der Waals surface area (Å²) < 4.78 is 27.6. The molecule has 3 aromatic rings. The first-order valence-corrected chi connectivity index (χ1v) is 9.44. The average molecular weight is 389 g/mol. The first kappa shape index (κ1) is 18.1. The second kappa shape index (κ2) is 7.04. The highest BCUT2D eigenvalue weighted by molar-refractivity contribution is 6.31. The molecule has 27 heavy (non-hydrogen) atoms. The minimum absolute atomic E-state index is 0.0196. The lowest BCUT2D eigenvalue weighted by molar-refractivity contribution is 0.301. The van der Waals surface area contributed by atoms with E-state index in [4.69, 9.17) is 11.6 Å². The van der Waals surface area contributed by atoms with E-state index in [1.807, 2.05) is 0 Å². The number of hydrogen-bond acceptors (Lipinski definition) is 2. The van der Waals surface area contributed by atoms with Crippen LogP contribution >= 0.6 is 11.6 Å². The largest absolute Gasteiger partial charge is 0.358 e. The van der Waals surface area contributed by atoms with Crippen LogP contribution in [0.2, 0.25) is 5.02 Å². The minimum Gasteiger partial charge on any atom is -0.358 e. The third-order valence-corrected chi connectivity index (χ3v) is 6.01. The van der Waals surface area contributed by atoms with E-state index in [1.54, 1.807) is 30.6 Å². The first-order chi connectivity index (χ1) is 13.0. The highest BCUT2D eigenvalue weighted by atomic mass is 35.5. The molecule has 2 aromatic heterocycles. The summed E-state index contributed by atoms with van der Waals surface area (Å²) in [5, 5.41) is 0.374. The van der Waals surface area contributed by atoms with E-state index in [-0.39, 0.29) is 22.3 Å². The molecule has 1 aliphatic carbocycles. The van der Waals surface area contributed by atoms with Gasteiger partial charge < -0.3 is 4.98 Å². The number of aromatic nitrogens is 2. The van der Waals surface area contributed by atoms with E-state index >= 15 is 0 Å². The Bertz CT molecular complexity index is 1070. The van der Waals surface area contributed by atoms with Gasteiger partial charge in [-0.15, -0.1) is 0 Å². The fourth-order valence-corrected chi connectivity index (χ4v) is 4.53. The van der Waals surface area contributed by atoms with Crippen LogP contribution < -0.4 is 5.43 Å². The summed E-state index contributed by atoms with van der Waals surface area (Å²) in [4.78, 5) is 19.9. The lowest BCUT2D eigenvalue weighted by Gasteiger charge is -2.36. The molecule has 0 saturated heterocycles. The first-order valence-electron chi connectivity index (χ1n) is 9.06. The summed E-state index contributed by atoms with van der Waals surface area (Å²) in [5.74, 6) is -1.63. The van der Waals surface area contributed by atoms with Crippen molar-refractivity contribution in [3.8, 4) is 0 Å². The zero-order valence-corrected chi connectivity index (χ0v) is 15.6. The van der Waals surface area contributed by atoms with Crippen LogP contribution in [-0.2, 0) is 0 Å². The Hall–Kier alpha value is -2.27. The van der Waals surface area contributed by atoms with Gasteiger partial charge in [-0.25, -0.2) is 8.78 Å². The van der Waals surface area contributed by atoms with Gasteiger partial charge in [0, 0.05) is 30.1 Å². The Balaban J connectivity index is 1.83. The second-order valence-corrected chi connectivity index (χ2v) is 7.78. The molecule has 3 nitrogen and oxygen atoms in total. The van der Waals surface area contributed by atoms with Gasteiger partial charge in [0.15, 0.2) is 17.1 Å². The number of nitrogens with one attached hydrogen (secondary N) is 1. The summed E-state index contributed by atoms with van der Waals surface area (Å²) in [7, 11) is 0. The monoisotopic (exact) mass is 388 g/mol. The number of halogens is 3. The molecule has 0 spiro atoms. The van der Waals surface area contributed by atoms with Gasteiger partial charge in [-0.2, -0.15) is 0 Å². The molecule has 0 amide bonds. The van der Waals surface area contributed by atoms with Crippen molar-refractivity contribution in [1.29, 1.82) is 0 Å². The number of nitrogens with zero attached hydrogens (tertiary/aromatic N) is 1. The number of rotatable bonds is 2. The summed E-state index contributed by atoms with van der Waals surface area (Å²) in [6.45, 7) is 2.14. The van der Waals surface area contributed by atoms with Crippen molar-refractivity contribution in [2.24, 2.45) is 5.92 Å². The Labute approximate surface area is 160 Å². The van der Waals surface area contributed by atoms with Crippen molar-refractivity contribution in [3.05, 3.63) is 74.8 Å². The van der Waals surface area contributed by atoms with Crippen LogP contribution in [0.3, 0.4) is 0 Å². The molecule has 1 saturated carbocycles. The smallest absolute Gasteiger partial charge is 0.191 e. The van der Waals surface area contributed by atoms with Crippen molar-refractivity contribution in [1.82, 2.24) is 9.97 Å². The minimum atomic E-state index is -1.01. The highest BCUT2D eigenvalue weighted by Gasteiger charge is 2.34. The fraction of sp³-hybridized carbons (Fsp3) is 0.333. The number of benzene rings is 1. The Morgan fingerprint density at radius 2 is 2.00 bits per heavy atom. The Morgan fingerprint density at radius 1 is 1.19 bits per heavy atom. The summed E-state index contributed by atoms with van der Waals surface area (Å²) in [6, 6.07) is 6.07. The second-order valence-electron chi connectivity index (χ2n) is 7.41. The maximum Gasteiger partial charge on any atom is 0.191 e. The van der Waals surface area contributed by atoms with Gasteiger partial charge in [0.05, 0.1) is 15.9 Å². The predicted molar refractivity (Wildman–Crippen MR) is 102 cm³/mol. The van der Waals surface area contributed by atoms with Crippen molar-refractivity contribution >= 4 is 22.5 Å². The van der Waals surface area contributed by atoms with Crippen LogP contribution in [0.4, 0.5) is 8.78 Å². The maximum atomic E-state index is 14.1. The summed E-state index contributed by atoms with van der Waals surface area (Å²) in [5.41, 5.74) is 2.03. The topological polar surface area (TPSA) is 45.8 Å². The molecular weight excluding hydrogens is 370 g/mol. The van der Waals surface area contributed by atoms with Crippen LogP contribution in [0.1, 0.15) is 49.3 Å². The van der Waals surface area contributed by atoms with Crippen LogP contribution in [-0.4, -0.2) is 9.97 Å². The molecule has 0 bridgehead atoms. The molecule has 1 aromatic carbocycles. The lowest BCUT2D eigenvalue weighted by Crippen LogP contribution is -2.23. The molecule has 3 atom stereocenters. The SMILES string of the molecule is C[C@@H]1CCC(c2cc(=O)c3cnccc3[nH]2)[C@H](c2ccc(F)c(F)c2Cl)C1.